The topological polar surface area (TPSA) is 120 Å². The van der Waals surface area contributed by atoms with Gasteiger partial charge in [-0.25, -0.2) is 0 Å². The molecule has 13 heteroatoms. The number of nitrogens with zero attached hydrogens (tertiary/aromatic N) is 5. The van der Waals surface area contributed by atoms with E-state index in [0.717, 1.165) is 102 Å². The minimum absolute atomic E-state index is 0.0383. The van der Waals surface area contributed by atoms with E-state index in [1.807, 2.05) is 20.4 Å². The van der Waals surface area contributed by atoms with Crippen molar-refractivity contribution in [2.75, 3.05) is 73.6 Å². The summed E-state index contributed by atoms with van der Waals surface area (Å²) in [5.41, 5.74) is 6.45. The molecule has 254 valence electrons. The summed E-state index contributed by atoms with van der Waals surface area (Å²) < 4.78 is 10.6. The number of aryl methyl sites for hydroxylation is 3. The van der Waals surface area contributed by atoms with Crippen LogP contribution in [0.1, 0.15) is 76.1 Å². The van der Waals surface area contributed by atoms with Crippen molar-refractivity contribution in [3.63, 3.8) is 0 Å². The van der Waals surface area contributed by atoms with Gasteiger partial charge in [-0.3, -0.25) is 19.2 Å². The van der Waals surface area contributed by atoms with Crippen molar-refractivity contribution in [2.24, 2.45) is 0 Å². The standard InChI is InChI=1S/C17H25N3O3.C14H21N3O.C2H3BrO2/c1-18-7-9-19(10-8-18)17(22)15-11-13-5-3-4-6-14(13)20(15)12-16(21)23-2;1-16-6-8-17(9-7-16)14(18)13-10-11-4-2-3-5-12(11)15-13;1-2(4)5-3/h11H,3-10,12H2,1-2H3;10,15H,2-9H2,1H3;1H3. The Morgan fingerprint density at radius 3 is 1.83 bits per heavy atom. The Kier molecular flexibility index (Phi) is 13.3. The molecule has 46 heavy (non-hydrogen) atoms. The van der Waals surface area contributed by atoms with Crippen molar-refractivity contribution in [1.82, 2.24) is 29.2 Å². The zero-order valence-corrected chi connectivity index (χ0v) is 29.3. The predicted molar refractivity (Wildman–Crippen MR) is 178 cm³/mol. The van der Waals surface area contributed by atoms with Crippen LogP contribution in [0.5, 0.6) is 0 Å². The van der Waals surface area contributed by atoms with Gasteiger partial charge in [0.2, 0.25) is 0 Å². The number of fused-ring (bicyclic) bond motifs is 2. The predicted octanol–water partition coefficient (Wildman–Crippen LogP) is 3.07. The van der Waals surface area contributed by atoms with Crippen LogP contribution in [0, 0.1) is 0 Å². The van der Waals surface area contributed by atoms with Crippen LogP contribution >= 0.6 is 16.3 Å². The first-order valence-electron chi connectivity index (χ1n) is 16.3. The number of H-pyrrole nitrogens is 1. The van der Waals surface area contributed by atoms with Gasteiger partial charge in [0.15, 0.2) is 16.3 Å². The normalized spacial score (nSPS) is 18.2. The summed E-state index contributed by atoms with van der Waals surface area (Å²) in [5, 5.41) is 0. The Morgan fingerprint density at radius 1 is 0.761 bits per heavy atom. The van der Waals surface area contributed by atoms with Crippen LogP contribution in [0.3, 0.4) is 0 Å². The SMILES string of the molecule is CC(=O)OBr.CN1CCN(C(=O)c2cc3c([nH]2)CCCC3)CC1.COC(=O)Cn1c(C(=O)N2CCN(C)CC2)cc2c1CCCC2. The van der Waals surface area contributed by atoms with Crippen LogP contribution in [0.2, 0.25) is 0 Å². The number of rotatable bonds is 4. The molecule has 12 nitrogen and oxygen atoms in total. The van der Waals surface area contributed by atoms with Crippen LogP contribution in [0.15, 0.2) is 12.1 Å². The molecule has 0 spiro atoms. The van der Waals surface area contributed by atoms with Crippen LogP contribution in [0.4, 0.5) is 0 Å². The third kappa shape index (κ3) is 9.45. The van der Waals surface area contributed by atoms with E-state index in [1.165, 1.54) is 43.7 Å². The lowest BCUT2D eigenvalue weighted by Crippen LogP contribution is -2.47. The van der Waals surface area contributed by atoms with Crippen molar-refractivity contribution in [3.8, 4) is 0 Å². The number of aromatic amines is 1. The molecule has 0 unspecified atom stereocenters. The Hall–Kier alpha value is -3.16. The van der Waals surface area contributed by atoms with Gasteiger partial charge < -0.3 is 37.7 Å². The number of ether oxygens (including phenoxy) is 1. The van der Waals surface area contributed by atoms with E-state index in [9.17, 15) is 19.2 Å². The van der Waals surface area contributed by atoms with E-state index < -0.39 is 0 Å². The largest absolute Gasteiger partial charge is 0.468 e. The van der Waals surface area contributed by atoms with Gasteiger partial charge in [0.25, 0.3) is 11.8 Å². The summed E-state index contributed by atoms with van der Waals surface area (Å²) in [6.45, 7) is 8.35. The highest BCUT2D eigenvalue weighted by Crippen LogP contribution is 2.27. The Labute approximate surface area is 280 Å². The van der Waals surface area contributed by atoms with Gasteiger partial charge in [0.1, 0.15) is 17.9 Å². The zero-order valence-electron chi connectivity index (χ0n) is 27.7. The van der Waals surface area contributed by atoms with Crippen LogP contribution in [0.25, 0.3) is 0 Å². The van der Waals surface area contributed by atoms with Gasteiger partial charge in [-0.1, -0.05) is 0 Å². The number of nitrogens with one attached hydrogen (secondary N) is 1. The Bertz CT molecular complexity index is 1330. The molecule has 0 atom stereocenters. The molecule has 2 aliphatic carbocycles. The average molecular weight is 706 g/mol. The minimum Gasteiger partial charge on any atom is -0.468 e. The van der Waals surface area contributed by atoms with Gasteiger partial charge in [-0.05, 0) is 88.7 Å². The van der Waals surface area contributed by atoms with Gasteiger partial charge in [-0.2, -0.15) is 0 Å². The Balaban J connectivity index is 0.000000186. The number of carbonyl (C=O) groups is 4. The Morgan fingerprint density at radius 2 is 1.28 bits per heavy atom. The fraction of sp³-hybridized carbons (Fsp3) is 0.636. The number of hydrogen-bond acceptors (Lipinski definition) is 8. The number of aromatic nitrogens is 2. The number of halogens is 1. The van der Waals surface area contributed by atoms with E-state index in [-0.39, 0.29) is 30.3 Å². The summed E-state index contributed by atoms with van der Waals surface area (Å²) in [6.07, 6.45) is 8.92. The summed E-state index contributed by atoms with van der Waals surface area (Å²) >= 11 is 2.46. The lowest BCUT2D eigenvalue weighted by atomic mass is 9.98. The van der Waals surface area contributed by atoms with E-state index in [4.69, 9.17) is 4.74 Å². The van der Waals surface area contributed by atoms with Crippen molar-refractivity contribution >= 4 is 40.0 Å². The molecule has 2 aliphatic heterocycles. The van der Waals surface area contributed by atoms with Gasteiger partial charge in [-0.15, -0.1) is 0 Å². The second-order valence-electron chi connectivity index (χ2n) is 12.5. The molecule has 4 aliphatic rings. The lowest BCUT2D eigenvalue weighted by Gasteiger charge is -2.32. The number of likely N-dealkylation sites (N-methyl/N-ethyl adjacent to an activating group) is 2. The van der Waals surface area contributed by atoms with E-state index in [0.29, 0.717) is 5.69 Å². The van der Waals surface area contributed by atoms with Crippen LogP contribution in [-0.4, -0.2) is 126 Å². The highest BCUT2D eigenvalue weighted by Gasteiger charge is 2.28. The zero-order chi connectivity index (χ0) is 33.2. The maximum atomic E-state index is 12.9. The average Bonchev–Trinajstić information content (AvgIpc) is 3.67. The summed E-state index contributed by atoms with van der Waals surface area (Å²) in [4.78, 5) is 58.4. The summed E-state index contributed by atoms with van der Waals surface area (Å²) in [7, 11) is 5.57. The summed E-state index contributed by atoms with van der Waals surface area (Å²) in [5.74, 6) is -0.416. The second-order valence-corrected chi connectivity index (χ2v) is 12.8. The van der Waals surface area contributed by atoms with Crippen molar-refractivity contribution in [3.05, 3.63) is 46.0 Å². The van der Waals surface area contributed by atoms with Crippen LogP contribution in [-0.2, 0) is 50.4 Å². The minimum atomic E-state index is -0.329. The van der Waals surface area contributed by atoms with Crippen molar-refractivity contribution in [2.45, 2.75) is 64.8 Å². The number of piperazine rings is 2. The molecule has 0 bridgehead atoms. The van der Waals surface area contributed by atoms with Gasteiger partial charge >= 0.3 is 11.9 Å². The molecule has 1 N–H and O–H groups in total. The van der Waals surface area contributed by atoms with E-state index >= 15 is 0 Å². The van der Waals surface area contributed by atoms with E-state index in [2.05, 4.69) is 55.0 Å². The highest BCUT2D eigenvalue weighted by molar-refractivity contribution is 9.06. The molecule has 6 rings (SSSR count). The molecule has 2 saturated heterocycles. The summed E-state index contributed by atoms with van der Waals surface area (Å²) in [6, 6.07) is 4.08. The number of hydrogen-bond donors (Lipinski definition) is 1. The fourth-order valence-electron chi connectivity index (χ4n) is 6.39. The van der Waals surface area contributed by atoms with Crippen molar-refractivity contribution < 1.29 is 27.7 Å². The maximum Gasteiger partial charge on any atom is 0.325 e. The molecule has 2 fully saturated rings. The lowest BCUT2D eigenvalue weighted by molar-refractivity contribution is -0.141. The number of esters is 1. The molecular formula is C33H49BrN6O6. The van der Waals surface area contributed by atoms with Gasteiger partial charge in [0.05, 0.1) is 7.11 Å². The molecule has 2 aromatic heterocycles. The fourth-order valence-corrected chi connectivity index (χ4v) is 6.39. The number of carbonyl (C=O) groups excluding carboxylic acids is 4. The highest BCUT2D eigenvalue weighted by atomic mass is 79.9. The molecular weight excluding hydrogens is 656 g/mol. The monoisotopic (exact) mass is 704 g/mol. The van der Waals surface area contributed by atoms with E-state index in [1.54, 1.807) is 0 Å². The maximum absolute atomic E-state index is 12.9. The molecule has 0 aromatic carbocycles. The first kappa shape index (κ1) is 35.7. The van der Waals surface area contributed by atoms with Crippen LogP contribution < -0.4 is 0 Å². The van der Waals surface area contributed by atoms with Gasteiger partial charge in [0, 0.05) is 70.7 Å². The second kappa shape index (κ2) is 17.1. The third-order valence-electron chi connectivity index (χ3n) is 9.18. The number of amides is 2. The molecule has 2 amide bonds. The first-order chi connectivity index (χ1) is 22.1. The van der Waals surface area contributed by atoms with Crippen molar-refractivity contribution in [1.29, 1.82) is 0 Å². The first-order valence-corrected chi connectivity index (χ1v) is 17.0. The third-order valence-corrected chi connectivity index (χ3v) is 9.63. The molecule has 2 aromatic rings. The molecule has 4 heterocycles. The molecule has 0 saturated carbocycles. The smallest absolute Gasteiger partial charge is 0.325 e. The molecule has 0 radical (unpaired) electrons. The quantitative estimate of drug-likeness (QED) is 0.483. The number of methoxy groups -OCH3 is 1.